The molecule has 0 radical (unpaired) electrons. The molecule has 1 heterocycles. The normalized spacial score (nSPS) is 34.2. The third kappa shape index (κ3) is 3.71. The maximum atomic E-state index is 5.75. The van der Waals surface area contributed by atoms with Gasteiger partial charge in [-0.15, -0.1) is 0 Å². The highest BCUT2D eigenvalue weighted by molar-refractivity contribution is 9.09. The van der Waals surface area contributed by atoms with Gasteiger partial charge in [0, 0.05) is 24.5 Å². The number of ether oxygens (including phenoxy) is 1. The van der Waals surface area contributed by atoms with E-state index in [4.69, 9.17) is 4.74 Å². The number of nitrogens with zero attached hydrogens (tertiary/aromatic N) is 1. The van der Waals surface area contributed by atoms with Gasteiger partial charge in [0.25, 0.3) is 0 Å². The van der Waals surface area contributed by atoms with Crippen molar-refractivity contribution in [1.82, 2.24) is 4.90 Å². The van der Waals surface area contributed by atoms with Gasteiger partial charge in [-0.3, -0.25) is 4.90 Å². The first-order valence-corrected chi connectivity index (χ1v) is 8.69. The molecule has 2 rings (SSSR count). The summed E-state index contributed by atoms with van der Waals surface area (Å²) in [6.07, 6.45) is 8.90. The summed E-state index contributed by atoms with van der Waals surface area (Å²) in [5.41, 5.74) is 0.516. The fourth-order valence-corrected chi connectivity index (χ4v) is 4.17. The predicted octanol–water partition coefficient (Wildman–Crippen LogP) is 3.83. The van der Waals surface area contributed by atoms with Crippen LogP contribution in [0.5, 0.6) is 0 Å². The van der Waals surface area contributed by atoms with Gasteiger partial charge in [0.15, 0.2) is 0 Å². The van der Waals surface area contributed by atoms with E-state index in [1.54, 1.807) is 0 Å². The Kier molecular flexibility index (Phi) is 5.52. The minimum absolute atomic E-state index is 0.402. The van der Waals surface area contributed by atoms with Gasteiger partial charge in [0.05, 0.1) is 12.7 Å². The number of halogens is 1. The summed E-state index contributed by atoms with van der Waals surface area (Å²) in [6.45, 7) is 7.78. The molecule has 0 N–H and O–H groups in total. The van der Waals surface area contributed by atoms with Crippen molar-refractivity contribution in [2.75, 3.05) is 25.0 Å². The van der Waals surface area contributed by atoms with Crippen LogP contribution in [0.3, 0.4) is 0 Å². The number of rotatable bonds is 3. The Morgan fingerprint density at radius 1 is 1.17 bits per heavy atom. The molecule has 0 aromatic heterocycles. The standard InChI is InChI=1S/C15H28BrNO/c1-13-10-18-14(2)9-17(13)12-15(11-16)7-5-3-4-6-8-15/h13-14H,3-12H2,1-2H3. The van der Waals surface area contributed by atoms with E-state index in [-0.39, 0.29) is 0 Å². The quantitative estimate of drug-likeness (QED) is 0.579. The summed E-state index contributed by atoms with van der Waals surface area (Å²) in [6, 6.07) is 0.584. The van der Waals surface area contributed by atoms with Gasteiger partial charge >= 0.3 is 0 Å². The molecule has 1 aliphatic carbocycles. The van der Waals surface area contributed by atoms with Crippen LogP contribution in [0.4, 0.5) is 0 Å². The van der Waals surface area contributed by atoms with Gasteiger partial charge in [-0.1, -0.05) is 41.6 Å². The van der Waals surface area contributed by atoms with Crippen LogP contribution in [0.15, 0.2) is 0 Å². The fourth-order valence-electron chi connectivity index (χ4n) is 3.44. The molecule has 2 aliphatic rings. The Bertz CT molecular complexity index is 251. The van der Waals surface area contributed by atoms with E-state index in [9.17, 15) is 0 Å². The Morgan fingerprint density at radius 3 is 2.44 bits per heavy atom. The smallest absolute Gasteiger partial charge is 0.0674 e. The van der Waals surface area contributed by atoms with Crippen molar-refractivity contribution in [3.8, 4) is 0 Å². The molecule has 0 spiro atoms. The van der Waals surface area contributed by atoms with Crippen LogP contribution in [0.25, 0.3) is 0 Å². The number of hydrogen-bond acceptors (Lipinski definition) is 2. The average molecular weight is 318 g/mol. The van der Waals surface area contributed by atoms with E-state index in [1.807, 2.05) is 0 Å². The van der Waals surface area contributed by atoms with Crippen LogP contribution < -0.4 is 0 Å². The first-order valence-electron chi connectivity index (χ1n) is 7.57. The monoisotopic (exact) mass is 317 g/mol. The lowest BCUT2D eigenvalue weighted by atomic mass is 9.81. The van der Waals surface area contributed by atoms with Crippen LogP contribution in [-0.2, 0) is 4.74 Å². The number of alkyl halides is 1. The van der Waals surface area contributed by atoms with Gasteiger partial charge in [-0.05, 0) is 32.1 Å². The highest BCUT2D eigenvalue weighted by Crippen LogP contribution is 2.38. The van der Waals surface area contributed by atoms with Crippen molar-refractivity contribution in [1.29, 1.82) is 0 Å². The molecular formula is C15H28BrNO. The molecule has 0 aromatic rings. The van der Waals surface area contributed by atoms with E-state index >= 15 is 0 Å². The summed E-state index contributed by atoms with van der Waals surface area (Å²) >= 11 is 3.81. The lowest BCUT2D eigenvalue weighted by Crippen LogP contribution is -2.51. The molecule has 1 aliphatic heterocycles. The number of hydrogen-bond donors (Lipinski definition) is 0. The largest absolute Gasteiger partial charge is 0.376 e. The van der Waals surface area contributed by atoms with E-state index in [2.05, 4.69) is 34.7 Å². The highest BCUT2D eigenvalue weighted by atomic mass is 79.9. The molecule has 1 saturated heterocycles. The molecule has 2 atom stereocenters. The molecule has 1 saturated carbocycles. The number of morpholine rings is 1. The molecule has 2 fully saturated rings. The van der Waals surface area contributed by atoms with Crippen LogP contribution in [0, 0.1) is 5.41 Å². The van der Waals surface area contributed by atoms with Gasteiger partial charge in [-0.25, -0.2) is 0 Å². The van der Waals surface area contributed by atoms with Gasteiger partial charge in [0.2, 0.25) is 0 Å². The zero-order valence-electron chi connectivity index (χ0n) is 12.0. The second kappa shape index (κ2) is 6.71. The summed E-state index contributed by atoms with van der Waals surface area (Å²) < 4.78 is 5.75. The van der Waals surface area contributed by atoms with Crippen LogP contribution in [0.1, 0.15) is 52.4 Å². The molecule has 0 amide bonds. The zero-order valence-corrected chi connectivity index (χ0v) is 13.5. The summed E-state index contributed by atoms with van der Waals surface area (Å²) in [7, 11) is 0. The van der Waals surface area contributed by atoms with E-state index in [0.29, 0.717) is 17.6 Å². The topological polar surface area (TPSA) is 12.5 Å². The average Bonchev–Trinajstić information content (AvgIpc) is 2.60. The summed E-state index contributed by atoms with van der Waals surface area (Å²) in [5.74, 6) is 0. The summed E-state index contributed by atoms with van der Waals surface area (Å²) in [5, 5.41) is 1.17. The SMILES string of the molecule is CC1CN(CC2(CBr)CCCCCC2)C(C)CO1. The molecule has 3 heteroatoms. The lowest BCUT2D eigenvalue weighted by Gasteiger charge is -2.43. The van der Waals surface area contributed by atoms with Crippen LogP contribution in [0.2, 0.25) is 0 Å². The lowest BCUT2D eigenvalue weighted by molar-refractivity contribution is -0.0623. The Labute approximate surface area is 121 Å². The van der Waals surface area contributed by atoms with Gasteiger partial charge in [-0.2, -0.15) is 0 Å². The molecule has 18 heavy (non-hydrogen) atoms. The third-order valence-electron chi connectivity index (χ3n) is 4.72. The predicted molar refractivity (Wildman–Crippen MR) is 80.4 cm³/mol. The first kappa shape index (κ1) is 14.8. The van der Waals surface area contributed by atoms with Crippen molar-refractivity contribution in [3.05, 3.63) is 0 Å². The van der Waals surface area contributed by atoms with Crippen molar-refractivity contribution < 1.29 is 4.74 Å². The van der Waals surface area contributed by atoms with Crippen molar-refractivity contribution in [2.45, 2.75) is 64.5 Å². The minimum Gasteiger partial charge on any atom is -0.376 e. The van der Waals surface area contributed by atoms with Gasteiger partial charge in [0.1, 0.15) is 0 Å². The molecule has 0 bridgehead atoms. The third-order valence-corrected chi connectivity index (χ3v) is 5.91. The highest BCUT2D eigenvalue weighted by Gasteiger charge is 2.35. The Morgan fingerprint density at radius 2 is 1.83 bits per heavy atom. The second-order valence-electron chi connectivity index (χ2n) is 6.47. The molecule has 2 unspecified atom stereocenters. The van der Waals surface area contributed by atoms with Crippen LogP contribution >= 0.6 is 15.9 Å². The minimum atomic E-state index is 0.402. The first-order chi connectivity index (χ1) is 8.65. The van der Waals surface area contributed by atoms with E-state index < -0.39 is 0 Å². The Hall–Kier alpha value is 0.400. The van der Waals surface area contributed by atoms with Gasteiger partial charge < -0.3 is 4.74 Å². The van der Waals surface area contributed by atoms with Crippen molar-refractivity contribution in [3.63, 3.8) is 0 Å². The summed E-state index contributed by atoms with van der Waals surface area (Å²) in [4.78, 5) is 2.67. The second-order valence-corrected chi connectivity index (χ2v) is 7.03. The maximum absolute atomic E-state index is 5.75. The van der Waals surface area contributed by atoms with Crippen molar-refractivity contribution >= 4 is 15.9 Å². The fraction of sp³-hybridized carbons (Fsp3) is 1.00. The molecule has 106 valence electrons. The Balaban J connectivity index is 1.99. The molecule has 0 aromatic carbocycles. The van der Waals surface area contributed by atoms with Crippen molar-refractivity contribution in [2.24, 2.45) is 5.41 Å². The van der Waals surface area contributed by atoms with E-state index in [1.165, 1.54) is 50.4 Å². The van der Waals surface area contributed by atoms with Crippen LogP contribution in [-0.4, -0.2) is 42.1 Å². The maximum Gasteiger partial charge on any atom is 0.0674 e. The molecule has 2 nitrogen and oxygen atoms in total. The zero-order chi connectivity index (χ0) is 13.0. The molecular weight excluding hydrogens is 290 g/mol. The van der Waals surface area contributed by atoms with E-state index in [0.717, 1.165) is 13.2 Å².